The van der Waals surface area contributed by atoms with E-state index in [0.717, 1.165) is 22.3 Å². The summed E-state index contributed by atoms with van der Waals surface area (Å²) < 4.78 is 14.8. The summed E-state index contributed by atoms with van der Waals surface area (Å²) >= 11 is 0. The molecule has 3 aromatic rings. The lowest BCUT2D eigenvalue weighted by Crippen LogP contribution is -2.44. The normalized spacial score (nSPS) is 13.3. The summed E-state index contributed by atoms with van der Waals surface area (Å²) in [5, 5.41) is 15.0. The summed E-state index contributed by atoms with van der Waals surface area (Å²) in [7, 11) is 0. The first-order valence-electron chi connectivity index (χ1n) is 9.50. The highest BCUT2D eigenvalue weighted by molar-refractivity contribution is 5.81. The first-order valence-corrected chi connectivity index (χ1v) is 9.50. The van der Waals surface area contributed by atoms with Gasteiger partial charge in [-0.25, -0.2) is 14.4 Å². The number of fused-ring (bicyclic) bond motifs is 3. The minimum absolute atomic E-state index is 0.0627. The number of aromatic amines is 1. The molecule has 1 aliphatic rings. The number of carbonyl (C=O) groups excluding carboxylic acids is 1. The van der Waals surface area contributed by atoms with Crippen LogP contribution in [0.1, 0.15) is 22.9 Å². The lowest BCUT2D eigenvalue weighted by Gasteiger charge is -2.17. The molecule has 0 spiro atoms. The number of hydrogen-bond acceptors (Lipinski definition) is 7. The topological polar surface area (TPSA) is 144 Å². The van der Waals surface area contributed by atoms with E-state index in [4.69, 9.17) is 9.47 Å². The second kappa shape index (κ2) is 8.84. The van der Waals surface area contributed by atoms with Crippen LogP contribution in [0.25, 0.3) is 11.1 Å². The number of alkyl carbamates (subject to hydrolysis) is 1. The van der Waals surface area contributed by atoms with Crippen LogP contribution < -0.4 is 11.1 Å². The van der Waals surface area contributed by atoms with Gasteiger partial charge >= 0.3 is 17.8 Å². The molecule has 0 bridgehead atoms. The second-order valence-electron chi connectivity index (χ2n) is 6.92. The van der Waals surface area contributed by atoms with E-state index in [2.05, 4.69) is 20.0 Å². The molecule has 2 aromatic carbocycles. The van der Waals surface area contributed by atoms with E-state index >= 15 is 0 Å². The van der Waals surface area contributed by atoms with Crippen LogP contribution in [0.2, 0.25) is 0 Å². The van der Waals surface area contributed by atoms with Crippen LogP contribution in [-0.2, 0) is 20.9 Å². The van der Waals surface area contributed by atoms with Gasteiger partial charge in [-0.2, -0.15) is 0 Å². The molecule has 1 aliphatic carbocycles. The molecule has 1 heterocycles. The third kappa shape index (κ3) is 4.48. The van der Waals surface area contributed by atoms with Gasteiger partial charge in [-0.05, 0) is 22.3 Å². The van der Waals surface area contributed by atoms with Gasteiger partial charge in [0.15, 0.2) is 11.9 Å². The maximum atomic E-state index is 12.2. The minimum Gasteiger partial charge on any atom is -0.480 e. The summed E-state index contributed by atoms with van der Waals surface area (Å²) in [5.74, 6) is -2.07. The van der Waals surface area contributed by atoms with Crippen molar-refractivity contribution in [2.45, 2.75) is 18.6 Å². The summed E-state index contributed by atoms with van der Waals surface area (Å²) in [6.07, 6.45) is -0.868. The molecular formula is C21H19N3O7. The van der Waals surface area contributed by atoms with Gasteiger partial charge in [0.1, 0.15) is 13.2 Å². The number of nitrogens with zero attached hydrogens (tertiary/aromatic N) is 1. The molecule has 0 saturated heterocycles. The van der Waals surface area contributed by atoms with E-state index in [0.29, 0.717) is 0 Å². The molecule has 10 nitrogen and oxygen atoms in total. The van der Waals surface area contributed by atoms with E-state index in [1.807, 2.05) is 48.5 Å². The van der Waals surface area contributed by atoms with E-state index in [1.54, 1.807) is 0 Å². The van der Waals surface area contributed by atoms with Crippen LogP contribution in [0.15, 0.2) is 57.8 Å². The van der Waals surface area contributed by atoms with Crippen molar-refractivity contribution in [3.63, 3.8) is 0 Å². The number of carboxylic acids is 1. The van der Waals surface area contributed by atoms with Crippen molar-refractivity contribution in [3.05, 3.63) is 76.0 Å². The van der Waals surface area contributed by atoms with Gasteiger partial charge in [-0.15, -0.1) is 0 Å². The van der Waals surface area contributed by atoms with Crippen molar-refractivity contribution < 1.29 is 28.7 Å². The van der Waals surface area contributed by atoms with Crippen molar-refractivity contribution in [2.24, 2.45) is 0 Å². The summed E-state index contributed by atoms with van der Waals surface area (Å²) in [5.41, 5.74) is 4.29. The van der Waals surface area contributed by atoms with Crippen LogP contribution in [0.3, 0.4) is 0 Å². The van der Waals surface area contributed by atoms with Gasteiger partial charge < -0.3 is 19.9 Å². The summed E-state index contributed by atoms with van der Waals surface area (Å²) in [6, 6.07) is 14.5. The van der Waals surface area contributed by atoms with Gasteiger partial charge in [-0.3, -0.25) is 9.51 Å². The fraction of sp³-hybridized carbons (Fsp3) is 0.238. The monoisotopic (exact) mass is 425 g/mol. The maximum absolute atomic E-state index is 12.2. The molecule has 0 unspecified atom stereocenters. The predicted molar refractivity (Wildman–Crippen MR) is 106 cm³/mol. The molecule has 4 rings (SSSR count). The predicted octanol–water partition coefficient (Wildman–Crippen LogP) is 1.87. The Morgan fingerprint density at radius 1 is 1.13 bits per heavy atom. The Hall–Kier alpha value is -3.92. The molecule has 0 aliphatic heterocycles. The molecule has 1 aromatic heterocycles. The molecule has 160 valence electrons. The average Bonchev–Trinajstić information content (AvgIpc) is 3.32. The Balaban J connectivity index is 1.34. The van der Waals surface area contributed by atoms with Crippen molar-refractivity contribution in [1.29, 1.82) is 0 Å². The molecule has 0 fully saturated rings. The quantitative estimate of drug-likeness (QED) is 0.496. The number of ether oxygens (including phenoxy) is 2. The van der Waals surface area contributed by atoms with Crippen molar-refractivity contribution >= 4 is 12.1 Å². The molecule has 0 radical (unpaired) electrons. The Bertz CT molecular complexity index is 1110. The summed E-state index contributed by atoms with van der Waals surface area (Å²) in [4.78, 5) is 36.8. The largest absolute Gasteiger partial charge is 0.480 e. The fourth-order valence-electron chi connectivity index (χ4n) is 3.55. The van der Waals surface area contributed by atoms with Crippen molar-refractivity contribution in [2.75, 3.05) is 13.2 Å². The highest BCUT2D eigenvalue weighted by atomic mass is 16.6. The highest BCUT2D eigenvalue weighted by Crippen LogP contribution is 2.44. The van der Waals surface area contributed by atoms with E-state index in [1.165, 1.54) is 0 Å². The molecule has 3 N–H and O–H groups in total. The van der Waals surface area contributed by atoms with Gasteiger partial charge in [0, 0.05) is 5.92 Å². The first-order chi connectivity index (χ1) is 15.0. The SMILES string of the molecule is O=C(N[C@@H](COCc1noc(=O)[nH]1)C(=O)O)OCC1c2ccccc2-c2ccccc21. The third-order valence-corrected chi connectivity index (χ3v) is 4.94. The minimum atomic E-state index is -1.34. The first kappa shape index (κ1) is 20.4. The number of hydrogen-bond donors (Lipinski definition) is 3. The number of amides is 1. The second-order valence-corrected chi connectivity index (χ2v) is 6.92. The van der Waals surface area contributed by atoms with Crippen LogP contribution >= 0.6 is 0 Å². The van der Waals surface area contributed by atoms with Gasteiger partial charge in [-0.1, -0.05) is 53.7 Å². The number of aromatic nitrogens is 2. The van der Waals surface area contributed by atoms with E-state index < -0.39 is 23.9 Å². The number of benzene rings is 2. The zero-order chi connectivity index (χ0) is 21.8. The smallest absolute Gasteiger partial charge is 0.438 e. The number of aliphatic carboxylic acids is 1. The van der Waals surface area contributed by atoms with Crippen LogP contribution in [-0.4, -0.2) is 46.6 Å². The third-order valence-electron chi connectivity index (χ3n) is 4.94. The lowest BCUT2D eigenvalue weighted by atomic mass is 9.98. The van der Waals surface area contributed by atoms with Gasteiger partial charge in [0.2, 0.25) is 0 Å². The zero-order valence-corrected chi connectivity index (χ0v) is 16.2. The van der Waals surface area contributed by atoms with Crippen LogP contribution in [0.4, 0.5) is 4.79 Å². The van der Waals surface area contributed by atoms with Gasteiger partial charge in [0.25, 0.3) is 0 Å². The number of nitrogens with one attached hydrogen (secondary N) is 2. The van der Waals surface area contributed by atoms with E-state index in [-0.39, 0.29) is 31.6 Å². The van der Waals surface area contributed by atoms with Gasteiger partial charge in [0.05, 0.1) is 6.61 Å². The molecular weight excluding hydrogens is 406 g/mol. The number of carboxylic acid groups (broad SMARTS) is 1. The van der Waals surface area contributed by atoms with Crippen molar-refractivity contribution in [3.8, 4) is 11.1 Å². The Labute approximate surface area is 175 Å². The van der Waals surface area contributed by atoms with Crippen LogP contribution in [0, 0.1) is 0 Å². The standard InChI is InChI=1S/C21H19N3O7/c25-19(26)17(10-29-11-18-23-21(28)31-24-18)22-20(27)30-9-16-14-7-3-1-5-12(14)13-6-2-4-8-15(13)16/h1-8,16-17H,9-11H2,(H,22,27)(H,25,26)(H,23,24,28)/t17-/m0/s1. The number of rotatable bonds is 8. The Kier molecular flexibility index (Phi) is 5.80. The average molecular weight is 425 g/mol. The van der Waals surface area contributed by atoms with Crippen molar-refractivity contribution in [1.82, 2.24) is 15.5 Å². The molecule has 1 amide bonds. The Morgan fingerprint density at radius 2 is 1.77 bits per heavy atom. The molecule has 31 heavy (non-hydrogen) atoms. The summed E-state index contributed by atoms with van der Waals surface area (Å²) in [6.45, 7) is -0.469. The molecule has 1 atom stereocenters. The number of H-pyrrole nitrogens is 1. The van der Waals surface area contributed by atoms with E-state index in [9.17, 15) is 19.5 Å². The van der Waals surface area contributed by atoms with Crippen LogP contribution in [0.5, 0.6) is 0 Å². The number of carbonyl (C=O) groups is 2. The Morgan fingerprint density at radius 3 is 2.35 bits per heavy atom. The zero-order valence-electron chi connectivity index (χ0n) is 16.2. The molecule has 0 saturated carbocycles. The molecule has 10 heteroatoms. The lowest BCUT2D eigenvalue weighted by molar-refractivity contribution is -0.141. The maximum Gasteiger partial charge on any atom is 0.438 e. The highest BCUT2D eigenvalue weighted by Gasteiger charge is 2.29. The fourth-order valence-corrected chi connectivity index (χ4v) is 3.55.